The zero-order valence-electron chi connectivity index (χ0n) is 19.1. The lowest BCUT2D eigenvalue weighted by atomic mass is 9.94. The van der Waals surface area contributed by atoms with Gasteiger partial charge in [-0.2, -0.15) is 0 Å². The molecule has 0 radical (unpaired) electrons. The summed E-state index contributed by atoms with van der Waals surface area (Å²) in [7, 11) is 0. The number of hydrogen-bond acceptors (Lipinski definition) is 4. The van der Waals surface area contributed by atoms with Gasteiger partial charge in [-0.3, -0.25) is 4.79 Å². The molecule has 33 heavy (non-hydrogen) atoms. The van der Waals surface area contributed by atoms with Crippen LogP contribution in [0.1, 0.15) is 36.2 Å². The van der Waals surface area contributed by atoms with Crippen LogP contribution in [0, 0.1) is 0 Å². The number of para-hydroxylation sites is 1. The number of nitrogens with two attached hydrogens (primary N) is 1. The molecule has 6 nitrogen and oxygen atoms in total. The lowest BCUT2D eigenvalue weighted by Crippen LogP contribution is -2.45. The van der Waals surface area contributed by atoms with Crippen LogP contribution in [0.5, 0.6) is 5.75 Å². The number of β-amino-alcohol motifs (C(OH)–C–C–N with tert-alkyl or cyclic N) is 1. The molecule has 4 aromatic rings. The van der Waals surface area contributed by atoms with Gasteiger partial charge in [0.25, 0.3) is 0 Å². The molecule has 172 valence electrons. The van der Waals surface area contributed by atoms with Crippen LogP contribution in [0.3, 0.4) is 0 Å². The minimum atomic E-state index is -0.639. The molecule has 5 N–H and O–H groups in total. The second-order valence-electron chi connectivity index (χ2n) is 9.14. The maximum Gasteiger partial charge on any atom is 0.248 e. The Bertz CT molecular complexity index is 1240. The molecule has 3 aromatic carbocycles. The third kappa shape index (κ3) is 5.53. The maximum atomic E-state index is 11.2. The number of hydrogen-bond donors (Lipinski definition) is 4. The number of primary amides is 1. The third-order valence-corrected chi connectivity index (χ3v) is 6.02. The van der Waals surface area contributed by atoms with Gasteiger partial charge in [-0.05, 0) is 62.6 Å². The van der Waals surface area contributed by atoms with Crippen molar-refractivity contribution in [2.24, 2.45) is 5.73 Å². The van der Waals surface area contributed by atoms with Gasteiger partial charge in [0.2, 0.25) is 5.91 Å². The Labute approximate surface area is 193 Å². The highest BCUT2D eigenvalue weighted by Gasteiger charge is 2.19. The number of benzene rings is 3. The van der Waals surface area contributed by atoms with Gasteiger partial charge in [0, 0.05) is 33.9 Å². The zero-order chi connectivity index (χ0) is 23.4. The van der Waals surface area contributed by atoms with Crippen LogP contribution >= 0.6 is 0 Å². The van der Waals surface area contributed by atoms with Crippen LogP contribution < -0.4 is 15.8 Å². The topological polar surface area (TPSA) is 100 Å². The molecule has 0 aliphatic heterocycles. The highest BCUT2D eigenvalue weighted by Crippen LogP contribution is 2.33. The predicted molar refractivity (Wildman–Crippen MR) is 133 cm³/mol. The summed E-state index contributed by atoms with van der Waals surface area (Å²) in [6.45, 7) is 4.86. The smallest absolute Gasteiger partial charge is 0.248 e. The summed E-state index contributed by atoms with van der Waals surface area (Å²) in [6, 6.07) is 21.5. The first-order chi connectivity index (χ1) is 15.8. The number of carbonyl (C=O) groups is 1. The van der Waals surface area contributed by atoms with E-state index in [1.807, 2.05) is 48.5 Å². The fourth-order valence-corrected chi connectivity index (χ4v) is 4.01. The summed E-state index contributed by atoms with van der Waals surface area (Å²) in [5.41, 5.74) is 8.88. The van der Waals surface area contributed by atoms with Crippen molar-refractivity contribution in [2.75, 3.05) is 13.2 Å². The van der Waals surface area contributed by atoms with Crippen molar-refractivity contribution < 1.29 is 14.6 Å². The molecule has 0 saturated carbocycles. The van der Waals surface area contributed by atoms with Gasteiger partial charge in [0.1, 0.15) is 18.5 Å². The first kappa shape index (κ1) is 22.8. The molecule has 1 heterocycles. The number of nitrogens with one attached hydrogen (secondary N) is 2. The van der Waals surface area contributed by atoms with Gasteiger partial charge in [0.05, 0.1) is 5.52 Å². The van der Waals surface area contributed by atoms with Crippen molar-refractivity contribution in [2.45, 2.75) is 38.3 Å². The first-order valence-corrected chi connectivity index (χ1v) is 11.3. The lowest BCUT2D eigenvalue weighted by molar-refractivity contribution is 0.0989. The number of aryl methyl sites for hydroxylation is 1. The van der Waals surface area contributed by atoms with Crippen LogP contribution in [-0.4, -0.2) is 40.8 Å². The van der Waals surface area contributed by atoms with E-state index in [-0.39, 0.29) is 12.1 Å². The van der Waals surface area contributed by atoms with E-state index in [2.05, 4.69) is 30.2 Å². The van der Waals surface area contributed by atoms with Crippen LogP contribution in [0.25, 0.3) is 21.8 Å². The largest absolute Gasteiger partial charge is 0.490 e. The Kier molecular flexibility index (Phi) is 6.67. The first-order valence-electron chi connectivity index (χ1n) is 11.3. The predicted octanol–water partition coefficient (Wildman–Crippen LogP) is 4.16. The van der Waals surface area contributed by atoms with Crippen LogP contribution in [0.15, 0.2) is 66.7 Å². The molecule has 4 rings (SSSR count). The Hall–Kier alpha value is -3.35. The molecule has 0 unspecified atom stereocenters. The van der Waals surface area contributed by atoms with Gasteiger partial charge in [-0.25, -0.2) is 0 Å². The second-order valence-corrected chi connectivity index (χ2v) is 9.14. The number of aromatic amines is 1. The summed E-state index contributed by atoms with van der Waals surface area (Å²) in [4.78, 5) is 14.6. The summed E-state index contributed by atoms with van der Waals surface area (Å²) >= 11 is 0. The van der Waals surface area contributed by atoms with Gasteiger partial charge < -0.3 is 25.9 Å². The van der Waals surface area contributed by atoms with E-state index in [1.54, 1.807) is 12.1 Å². The Morgan fingerprint density at radius 2 is 1.79 bits per heavy atom. The summed E-state index contributed by atoms with van der Waals surface area (Å²) in [5, 5.41) is 16.1. The van der Waals surface area contributed by atoms with E-state index in [1.165, 1.54) is 0 Å². The van der Waals surface area contributed by atoms with Crippen molar-refractivity contribution in [3.63, 3.8) is 0 Å². The fraction of sp³-hybridized carbons (Fsp3) is 0.296. The van der Waals surface area contributed by atoms with Crippen molar-refractivity contribution in [3.05, 3.63) is 77.9 Å². The third-order valence-electron chi connectivity index (χ3n) is 6.02. The average Bonchev–Trinajstić information content (AvgIpc) is 3.20. The molecule has 1 amide bonds. The van der Waals surface area contributed by atoms with Crippen LogP contribution in [-0.2, 0) is 6.42 Å². The number of rotatable bonds is 10. The van der Waals surface area contributed by atoms with E-state index >= 15 is 0 Å². The van der Waals surface area contributed by atoms with E-state index in [4.69, 9.17) is 10.5 Å². The van der Waals surface area contributed by atoms with Crippen molar-refractivity contribution in [1.82, 2.24) is 10.3 Å². The number of amides is 1. The van der Waals surface area contributed by atoms with Gasteiger partial charge in [-0.1, -0.05) is 36.4 Å². The van der Waals surface area contributed by atoms with Crippen molar-refractivity contribution in [3.8, 4) is 5.75 Å². The maximum absolute atomic E-state index is 11.2. The highest BCUT2D eigenvalue weighted by molar-refractivity contribution is 6.10. The van der Waals surface area contributed by atoms with E-state index in [0.717, 1.165) is 46.0 Å². The van der Waals surface area contributed by atoms with Gasteiger partial charge in [-0.15, -0.1) is 0 Å². The molecule has 0 aliphatic carbocycles. The number of aromatic nitrogens is 1. The molecule has 0 bridgehead atoms. The zero-order valence-corrected chi connectivity index (χ0v) is 19.1. The minimum absolute atomic E-state index is 0.166. The summed E-state index contributed by atoms with van der Waals surface area (Å²) in [5.74, 6) is 0.350. The van der Waals surface area contributed by atoms with Gasteiger partial charge >= 0.3 is 0 Å². The standard InChI is InChI=1S/C27H31N3O3/c1-27(2,15-14-18-10-12-19(13-11-18)26(28)32)29-16-20(31)17-33-24-9-5-8-23-25(24)21-6-3-4-7-22(21)30-23/h3-13,20,29-31H,14-17H2,1-2H3,(H2,28,32)/t20-/m0/s1. The van der Waals surface area contributed by atoms with E-state index in [9.17, 15) is 9.90 Å². The monoisotopic (exact) mass is 445 g/mol. The fourth-order valence-electron chi connectivity index (χ4n) is 4.01. The molecular formula is C27H31N3O3. The number of H-pyrrole nitrogens is 1. The van der Waals surface area contributed by atoms with E-state index < -0.39 is 12.0 Å². The lowest BCUT2D eigenvalue weighted by Gasteiger charge is -2.28. The minimum Gasteiger partial charge on any atom is -0.490 e. The van der Waals surface area contributed by atoms with Gasteiger partial charge in [0.15, 0.2) is 0 Å². The molecule has 1 atom stereocenters. The van der Waals surface area contributed by atoms with E-state index in [0.29, 0.717) is 12.1 Å². The quantitative estimate of drug-likeness (QED) is 0.294. The summed E-state index contributed by atoms with van der Waals surface area (Å²) < 4.78 is 6.02. The Balaban J connectivity index is 1.30. The number of ether oxygens (including phenoxy) is 1. The number of carbonyl (C=O) groups excluding carboxylic acids is 1. The average molecular weight is 446 g/mol. The highest BCUT2D eigenvalue weighted by atomic mass is 16.5. The molecule has 0 fully saturated rings. The molecular weight excluding hydrogens is 414 g/mol. The van der Waals surface area contributed by atoms with Crippen LogP contribution in [0.2, 0.25) is 0 Å². The second kappa shape index (κ2) is 9.65. The summed E-state index contributed by atoms with van der Waals surface area (Å²) in [6.07, 6.45) is 1.10. The molecule has 6 heteroatoms. The Morgan fingerprint density at radius 1 is 1.06 bits per heavy atom. The number of aliphatic hydroxyl groups excluding tert-OH is 1. The molecule has 0 aliphatic rings. The van der Waals surface area contributed by atoms with Crippen LogP contribution in [0.4, 0.5) is 0 Å². The van der Waals surface area contributed by atoms with Crippen molar-refractivity contribution in [1.29, 1.82) is 0 Å². The Morgan fingerprint density at radius 3 is 2.55 bits per heavy atom. The number of aliphatic hydroxyl groups is 1. The van der Waals surface area contributed by atoms with Crippen molar-refractivity contribution >= 4 is 27.7 Å². The molecule has 1 aromatic heterocycles. The molecule has 0 spiro atoms. The normalized spacial score (nSPS) is 12.8. The molecule has 0 saturated heterocycles. The number of fused-ring (bicyclic) bond motifs is 3. The SMILES string of the molecule is CC(C)(CCc1ccc(C(N)=O)cc1)NC[C@H](O)COc1cccc2[nH]c3ccccc3c12.